The van der Waals surface area contributed by atoms with Gasteiger partial charge >= 0.3 is 0 Å². The van der Waals surface area contributed by atoms with Gasteiger partial charge < -0.3 is 11.1 Å². The first-order chi connectivity index (χ1) is 6.24. The van der Waals surface area contributed by atoms with E-state index in [4.69, 9.17) is 17.3 Å². The molecule has 2 nitrogen and oxygen atoms in total. The Kier molecular flexibility index (Phi) is 4.06. The number of hydrogen-bond acceptors (Lipinski definition) is 2. The Hall–Kier alpha value is -0.730. The zero-order valence-corrected chi connectivity index (χ0v) is 8.51. The molecule has 0 spiro atoms. The predicted molar refractivity (Wildman–Crippen MR) is 58.2 cm³/mol. The summed E-state index contributed by atoms with van der Waals surface area (Å²) in [7, 11) is 0. The third-order valence-electron chi connectivity index (χ3n) is 1.88. The first kappa shape index (κ1) is 10.4. The highest BCUT2D eigenvalue weighted by Gasteiger charge is 2.02. The summed E-state index contributed by atoms with van der Waals surface area (Å²) in [6.07, 6.45) is 0.950. The highest BCUT2D eigenvalue weighted by Crippen LogP contribution is 2.21. The second-order valence-electron chi connectivity index (χ2n) is 3.10. The van der Waals surface area contributed by atoms with E-state index in [1.807, 2.05) is 24.3 Å². The number of hydrogen-bond donors (Lipinski definition) is 2. The standard InChI is InChI=1S/C10H15ClN2/c1-8(6-7-12)13-10-5-3-2-4-9(10)11/h2-5,8,13H,6-7,12H2,1H3. The van der Waals surface area contributed by atoms with Gasteiger partial charge in [0, 0.05) is 6.04 Å². The minimum atomic E-state index is 0.366. The topological polar surface area (TPSA) is 38.0 Å². The second-order valence-corrected chi connectivity index (χ2v) is 3.51. The van der Waals surface area contributed by atoms with Crippen molar-refractivity contribution in [3.63, 3.8) is 0 Å². The fourth-order valence-electron chi connectivity index (χ4n) is 1.17. The monoisotopic (exact) mass is 198 g/mol. The third-order valence-corrected chi connectivity index (χ3v) is 2.21. The Balaban J connectivity index is 2.58. The molecule has 0 bridgehead atoms. The van der Waals surface area contributed by atoms with Crippen LogP contribution < -0.4 is 11.1 Å². The molecule has 0 aliphatic carbocycles. The third kappa shape index (κ3) is 3.25. The molecule has 0 saturated heterocycles. The van der Waals surface area contributed by atoms with Crippen LogP contribution in [0.15, 0.2) is 24.3 Å². The van der Waals surface area contributed by atoms with Crippen molar-refractivity contribution >= 4 is 17.3 Å². The molecule has 0 aromatic heterocycles. The van der Waals surface area contributed by atoms with E-state index in [0.29, 0.717) is 12.6 Å². The first-order valence-electron chi connectivity index (χ1n) is 4.45. The van der Waals surface area contributed by atoms with Gasteiger partial charge in [0.2, 0.25) is 0 Å². The van der Waals surface area contributed by atoms with Gasteiger partial charge in [-0.05, 0) is 32.0 Å². The lowest BCUT2D eigenvalue weighted by Crippen LogP contribution is -2.19. The summed E-state index contributed by atoms with van der Waals surface area (Å²) in [5.41, 5.74) is 6.43. The molecule has 1 rings (SSSR count). The van der Waals surface area contributed by atoms with E-state index >= 15 is 0 Å². The molecule has 1 atom stereocenters. The lowest BCUT2D eigenvalue weighted by atomic mass is 10.2. The molecule has 0 amide bonds. The van der Waals surface area contributed by atoms with Crippen LogP contribution in [0.4, 0.5) is 5.69 Å². The molecule has 1 aromatic carbocycles. The number of anilines is 1. The quantitative estimate of drug-likeness (QED) is 0.780. The van der Waals surface area contributed by atoms with Gasteiger partial charge in [-0.3, -0.25) is 0 Å². The lowest BCUT2D eigenvalue weighted by Gasteiger charge is -2.14. The number of nitrogens with two attached hydrogens (primary N) is 1. The highest BCUT2D eigenvalue weighted by molar-refractivity contribution is 6.33. The molecule has 0 aliphatic heterocycles. The smallest absolute Gasteiger partial charge is 0.0637 e. The normalized spacial score (nSPS) is 12.5. The molecule has 0 fully saturated rings. The van der Waals surface area contributed by atoms with E-state index in [0.717, 1.165) is 17.1 Å². The summed E-state index contributed by atoms with van der Waals surface area (Å²) in [5.74, 6) is 0. The minimum absolute atomic E-state index is 0.366. The van der Waals surface area contributed by atoms with Gasteiger partial charge in [-0.25, -0.2) is 0 Å². The molecule has 3 N–H and O–H groups in total. The van der Waals surface area contributed by atoms with Crippen LogP contribution in [0, 0.1) is 0 Å². The van der Waals surface area contributed by atoms with Crippen molar-refractivity contribution in [2.24, 2.45) is 5.73 Å². The second kappa shape index (κ2) is 5.10. The van der Waals surface area contributed by atoms with Crippen LogP contribution in [0.25, 0.3) is 0 Å². The van der Waals surface area contributed by atoms with E-state index < -0.39 is 0 Å². The van der Waals surface area contributed by atoms with Crippen molar-refractivity contribution in [2.45, 2.75) is 19.4 Å². The summed E-state index contributed by atoms with van der Waals surface area (Å²) in [5, 5.41) is 4.06. The molecule has 0 aliphatic rings. The molecule has 0 saturated carbocycles. The van der Waals surface area contributed by atoms with Crippen molar-refractivity contribution < 1.29 is 0 Å². The van der Waals surface area contributed by atoms with Crippen LogP contribution >= 0.6 is 11.6 Å². The highest BCUT2D eigenvalue weighted by atomic mass is 35.5. The van der Waals surface area contributed by atoms with Gasteiger partial charge in [0.05, 0.1) is 10.7 Å². The zero-order chi connectivity index (χ0) is 9.68. The summed E-state index contributed by atoms with van der Waals surface area (Å²) in [6, 6.07) is 8.09. The number of benzene rings is 1. The lowest BCUT2D eigenvalue weighted by molar-refractivity contribution is 0.717. The van der Waals surface area contributed by atoms with E-state index in [1.165, 1.54) is 0 Å². The van der Waals surface area contributed by atoms with Crippen molar-refractivity contribution in [2.75, 3.05) is 11.9 Å². The largest absolute Gasteiger partial charge is 0.381 e. The molecule has 13 heavy (non-hydrogen) atoms. The maximum atomic E-state index is 5.97. The molecule has 0 radical (unpaired) electrons. The molecule has 1 aromatic rings. The molecule has 72 valence electrons. The van der Waals surface area contributed by atoms with E-state index in [-0.39, 0.29) is 0 Å². The van der Waals surface area contributed by atoms with Gasteiger partial charge in [0.1, 0.15) is 0 Å². The molecular formula is C10H15ClN2. The fraction of sp³-hybridized carbons (Fsp3) is 0.400. The first-order valence-corrected chi connectivity index (χ1v) is 4.83. The number of nitrogens with one attached hydrogen (secondary N) is 1. The summed E-state index contributed by atoms with van der Waals surface area (Å²) >= 11 is 5.97. The van der Waals surface area contributed by atoms with Crippen molar-refractivity contribution in [1.29, 1.82) is 0 Å². The molecular weight excluding hydrogens is 184 g/mol. The summed E-state index contributed by atoms with van der Waals surface area (Å²) < 4.78 is 0. The van der Waals surface area contributed by atoms with E-state index in [9.17, 15) is 0 Å². The Morgan fingerprint density at radius 1 is 1.46 bits per heavy atom. The molecule has 3 heteroatoms. The van der Waals surface area contributed by atoms with E-state index in [2.05, 4.69) is 12.2 Å². The number of halogens is 1. The number of rotatable bonds is 4. The number of para-hydroxylation sites is 1. The van der Waals surface area contributed by atoms with Gasteiger partial charge in [-0.15, -0.1) is 0 Å². The van der Waals surface area contributed by atoms with E-state index in [1.54, 1.807) is 0 Å². The van der Waals surface area contributed by atoms with Crippen molar-refractivity contribution in [3.05, 3.63) is 29.3 Å². The van der Waals surface area contributed by atoms with Crippen molar-refractivity contribution in [3.8, 4) is 0 Å². The van der Waals surface area contributed by atoms with Crippen LogP contribution in [-0.4, -0.2) is 12.6 Å². The Morgan fingerprint density at radius 3 is 2.77 bits per heavy atom. The predicted octanol–water partition coefficient (Wildman–Crippen LogP) is 2.49. The zero-order valence-electron chi connectivity index (χ0n) is 7.76. The van der Waals surface area contributed by atoms with Crippen LogP contribution in [0.3, 0.4) is 0 Å². The average Bonchev–Trinajstić information content (AvgIpc) is 2.09. The van der Waals surface area contributed by atoms with Crippen molar-refractivity contribution in [1.82, 2.24) is 0 Å². The van der Waals surface area contributed by atoms with Crippen LogP contribution in [-0.2, 0) is 0 Å². The Morgan fingerprint density at radius 2 is 2.15 bits per heavy atom. The maximum Gasteiger partial charge on any atom is 0.0637 e. The molecule has 1 unspecified atom stereocenters. The van der Waals surface area contributed by atoms with Crippen LogP contribution in [0.5, 0.6) is 0 Å². The van der Waals surface area contributed by atoms with Gasteiger partial charge in [0.25, 0.3) is 0 Å². The fourth-order valence-corrected chi connectivity index (χ4v) is 1.36. The molecule has 0 heterocycles. The van der Waals surface area contributed by atoms with Gasteiger partial charge in [-0.1, -0.05) is 23.7 Å². The van der Waals surface area contributed by atoms with Gasteiger partial charge in [0.15, 0.2) is 0 Å². The van der Waals surface area contributed by atoms with Crippen LogP contribution in [0.2, 0.25) is 5.02 Å². The van der Waals surface area contributed by atoms with Crippen LogP contribution in [0.1, 0.15) is 13.3 Å². The minimum Gasteiger partial charge on any atom is -0.381 e. The Bertz CT molecular complexity index is 263. The summed E-state index contributed by atoms with van der Waals surface area (Å²) in [4.78, 5) is 0. The Labute approximate surface area is 84.1 Å². The maximum absolute atomic E-state index is 5.97. The summed E-state index contributed by atoms with van der Waals surface area (Å²) in [6.45, 7) is 2.79. The SMILES string of the molecule is CC(CCN)Nc1ccccc1Cl. The average molecular weight is 199 g/mol. The van der Waals surface area contributed by atoms with Gasteiger partial charge in [-0.2, -0.15) is 0 Å².